The van der Waals surface area contributed by atoms with Gasteiger partial charge in [-0.05, 0) is 6.42 Å². The van der Waals surface area contributed by atoms with Crippen LogP contribution in [0.15, 0.2) is 0 Å². The molecular weight excluding hydrogens is 181 g/mol. The van der Waals surface area contributed by atoms with Gasteiger partial charge in [-0.15, -0.1) is 0 Å². The second-order valence-electron chi connectivity index (χ2n) is 1.50. The van der Waals surface area contributed by atoms with Gasteiger partial charge in [0.1, 0.15) is 0 Å². The number of rotatable bonds is 3. The first-order chi connectivity index (χ1) is 4.27. The van der Waals surface area contributed by atoms with Crippen molar-refractivity contribution in [2.75, 3.05) is 0 Å². The number of aliphatic carboxylic acids is 1. The summed E-state index contributed by atoms with van der Waals surface area (Å²) in [7, 11) is 0. The third-order valence-electron chi connectivity index (χ3n) is 0.744. The predicted octanol–water partition coefficient (Wildman–Crippen LogP) is 2.10. The van der Waals surface area contributed by atoms with Crippen LogP contribution in [0.25, 0.3) is 0 Å². The van der Waals surface area contributed by atoms with Gasteiger partial charge in [0.15, 0.2) is 0 Å². The maximum Gasteiger partial charge on any atom is 0.303 e. The molecule has 0 rings (SSSR count). The Morgan fingerprint density at radius 3 is 2.00 bits per heavy atom. The fourth-order valence-electron chi connectivity index (χ4n) is 0.328. The zero-order valence-corrected chi connectivity index (χ0v) is 9.86. The average Bonchev–Trinajstić information content (AvgIpc) is 1.88. The van der Waals surface area contributed by atoms with Gasteiger partial charge in [0.05, 0.1) is 0 Å². The van der Waals surface area contributed by atoms with Crippen molar-refractivity contribution in [3.63, 3.8) is 0 Å². The third kappa shape index (κ3) is 24.3. The second-order valence-corrected chi connectivity index (χ2v) is 1.50. The van der Waals surface area contributed by atoms with Gasteiger partial charge in [0, 0.05) is 25.9 Å². The SMILES string of the molecule is CCCCC(=O)O.[CH2-]C.[Zn]. The van der Waals surface area contributed by atoms with E-state index in [4.69, 9.17) is 5.11 Å². The van der Waals surface area contributed by atoms with Crippen LogP contribution in [0.5, 0.6) is 0 Å². The molecule has 0 aromatic rings. The van der Waals surface area contributed by atoms with Gasteiger partial charge in [0.25, 0.3) is 0 Å². The number of carboxylic acids is 1. The standard InChI is InChI=1S/C5H10O2.C2H5.Zn/c1-2-3-4-5(6)7;1-2;/h2-4H2,1H3,(H,6,7);1H2,2H3;/q;-1;. The van der Waals surface area contributed by atoms with E-state index in [0.717, 1.165) is 12.8 Å². The Labute approximate surface area is 75.8 Å². The van der Waals surface area contributed by atoms with Crippen LogP contribution in [-0.4, -0.2) is 11.1 Å². The molecule has 10 heavy (non-hydrogen) atoms. The zero-order chi connectivity index (χ0) is 7.70. The largest absolute Gasteiger partial charge is 0.481 e. The number of unbranched alkanes of at least 4 members (excludes halogenated alkanes) is 1. The minimum Gasteiger partial charge on any atom is -0.481 e. The van der Waals surface area contributed by atoms with Crippen LogP contribution in [0.1, 0.15) is 33.1 Å². The van der Waals surface area contributed by atoms with E-state index in [1.165, 1.54) is 0 Å². The number of hydrogen-bond acceptors (Lipinski definition) is 1. The van der Waals surface area contributed by atoms with Crippen molar-refractivity contribution in [2.24, 2.45) is 0 Å². The molecule has 0 saturated carbocycles. The van der Waals surface area contributed by atoms with Crippen LogP contribution in [0, 0.1) is 6.92 Å². The molecule has 58 valence electrons. The van der Waals surface area contributed by atoms with Crippen molar-refractivity contribution in [1.29, 1.82) is 0 Å². The van der Waals surface area contributed by atoms with Crippen molar-refractivity contribution in [3.8, 4) is 0 Å². The molecule has 0 aromatic carbocycles. The fourth-order valence-corrected chi connectivity index (χ4v) is 0.328. The Kier molecular flexibility index (Phi) is 26.6. The van der Waals surface area contributed by atoms with Crippen LogP contribution in [0.4, 0.5) is 0 Å². The van der Waals surface area contributed by atoms with E-state index in [-0.39, 0.29) is 19.5 Å². The summed E-state index contributed by atoms with van der Waals surface area (Å²) in [5.41, 5.74) is 0. The Hall–Kier alpha value is 0.0934. The first-order valence-electron chi connectivity index (χ1n) is 3.20. The monoisotopic (exact) mass is 195 g/mol. The molecule has 0 saturated heterocycles. The van der Waals surface area contributed by atoms with Gasteiger partial charge in [-0.1, -0.05) is 13.3 Å². The summed E-state index contributed by atoms with van der Waals surface area (Å²) in [5.74, 6) is -0.693. The molecule has 2 nitrogen and oxygen atoms in total. The van der Waals surface area contributed by atoms with Gasteiger partial charge < -0.3 is 12.0 Å². The molecular formula is C7H15O2Zn-. The first-order valence-corrected chi connectivity index (χ1v) is 3.20. The Balaban J connectivity index is -0.000000149. The smallest absolute Gasteiger partial charge is 0.303 e. The number of carbonyl (C=O) groups is 1. The van der Waals surface area contributed by atoms with E-state index in [1.807, 2.05) is 6.92 Å². The van der Waals surface area contributed by atoms with Crippen LogP contribution < -0.4 is 0 Å². The number of carboxylic acid groups (broad SMARTS) is 1. The van der Waals surface area contributed by atoms with E-state index in [9.17, 15) is 4.79 Å². The van der Waals surface area contributed by atoms with Crippen molar-refractivity contribution in [1.82, 2.24) is 0 Å². The topological polar surface area (TPSA) is 37.3 Å². The molecule has 0 atom stereocenters. The molecule has 1 N–H and O–H groups in total. The van der Waals surface area contributed by atoms with Crippen molar-refractivity contribution < 1.29 is 29.4 Å². The van der Waals surface area contributed by atoms with Crippen molar-refractivity contribution in [3.05, 3.63) is 6.92 Å². The Morgan fingerprint density at radius 1 is 1.50 bits per heavy atom. The molecule has 0 fully saturated rings. The molecule has 0 bridgehead atoms. The molecule has 0 unspecified atom stereocenters. The maximum absolute atomic E-state index is 9.76. The summed E-state index contributed by atoms with van der Waals surface area (Å²) >= 11 is 0. The van der Waals surface area contributed by atoms with E-state index >= 15 is 0 Å². The molecule has 0 amide bonds. The van der Waals surface area contributed by atoms with Crippen LogP contribution in [-0.2, 0) is 24.3 Å². The van der Waals surface area contributed by atoms with E-state index < -0.39 is 5.97 Å². The molecule has 0 aliphatic rings. The van der Waals surface area contributed by atoms with E-state index in [0.29, 0.717) is 6.42 Å². The average molecular weight is 197 g/mol. The molecule has 0 aliphatic carbocycles. The fraction of sp³-hybridized carbons (Fsp3) is 0.714. The molecule has 0 spiro atoms. The van der Waals surface area contributed by atoms with Gasteiger partial charge in [-0.25, -0.2) is 0 Å². The van der Waals surface area contributed by atoms with Crippen LogP contribution in [0.2, 0.25) is 0 Å². The van der Waals surface area contributed by atoms with Gasteiger partial charge >= 0.3 is 5.97 Å². The van der Waals surface area contributed by atoms with Crippen LogP contribution >= 0.6 is 0 Å². The summed E-state index contributed by atoms with van der Waals surface area (Å²) in [6.45, 7) is 6.98. The molecule has 0 radical (unpaired) electrons. The van der Waals surface area contributed by atoms with Crippen molar-refractivity contribution >= 4 is 5.97 Å². The Morgan fingerprint density at radius 2 is 1.90 bits per heavy atom. The quantitative estimate of drug-likeness (QED) is 0.555. The summed E-state index contributed by atoms with van der Waals surface area (Å²) in [5, 5.41) is 8.04. The molecule has 0 aliphatic heterocycles. The normalized spacial score (nSPS) is 6.70. The molecule has 0 heterocycles. The van der Waals surface area contributed by atoms with E-state index in [1.54, 1.807) is 6.92 Å². The van der Waals surface area contributed by atoms with Crippen LogP contribution in [0.3, 0.4) is 0 Å². The van der Waals surface area contributed by atoms with E-state index in [2.05, 4.69) is 6.92 Å². The maximum atomic E-state index is 9.76. The minimum atomic E-state index is -0.693. The minimum absolute atomic E-state index is 0. The summed E-state index contributed by atoms with van der Waals surface area (Å²) in [6, 6.07) is 0. The van der Waals surface area contributed by atoms with Gasteiger partial charge in [-0.3, -0.25) is 4.79 Å². The predicted molar refractivity (Wildman–Crippen MR) is 38.2 cm³/mol. The first kappa shape index (κ1) is 16.6. The van der Waals surface area contributed by atoms with Crippen molar-refractivity contribution in [2.45, 2.75) is 33.1 Å². The number of hydrogen-bond donors (Lipinski definition) is 1. The summed E-state index contributed by atoms with van der Waals surface area (Å²) < 4.78 is 0. The van der Waals surface area contributed by atoms with Gasteiger partial charge in [-0.2, -0.15) is 6.92 Å². The zero-order valence-electron chi connectivity index (χ0n) is 6.89. The summed E-state index contributed by atoms with van der Waals surface area (Å²) in [4.78, 5) is 9.76. The second kappa shape index (κ2) is 16.0. The third-order valence-corrected chi connectivity index (χ3v) is 0.744. The van der Waals surface area contributed by atoms with Gasteiger partial charge in [0.2, 0.25) is 0 Å². The molecule has 3 heteroatoms. The summed E-state index contributed by atoms with van der Waals surface area (Å²) in [6.07, 6.45) is 2.08. The molecule has 0 aromatic heterocycles. The Bertz CT molecular complexity index is 64.6.